The molecule has 0 bridgehead atoms. The van der Waals surface area contributed by atoms with Crippen molar-refractivity contribution in [2.24, 2.45) is 11.8 Å². The maximum Gasteiger partial charge on any atom is 0.172 e. The van der Waals surface area contributed by atoms with Crippen LogP contribution < -0.4 is 0 Å². The third kappa shape index (κ3) is 4.89. The van der Waals surface area contributed by atoms with Gasteiger partial charge >= 0.3 is 0 Å². The lowest BCUT2D eigenvalue weighted by molar-refractivity contribution is 0.567. The smallest absolute Gasteiger partial charge is 0.114 e. The van der Waals surface area contributed by atoms with Gasteiger partial charge in [0.2, 0.25) is 0 Å². The fraction of sp³-hybridized carbons (Fsp3) is 0.556. The van der Waals surface area contributed by atoms with Crippen LogP contribution in [0.4, 0.5) is 0 Å². The largest absolute Gasteiger partial charge is 0.172 e. The van der Waals surface area contributed by atoms with Gasteiger partial charge in [-0.05, 0) is 5.56 Å². The zero-order chi connectivity index (χ0) is 14.4. The Morgan fingerprint density at radius 3 is 1.68 bits per heavy atom. The van der Waals surface area contributed by atoms with E-state index in [0.717, 1.165) is 23.5 Å². The fourth-order valence-corrected chi connectivity index (χ4v) is 2.50. The highest BCUT2D eigenvalue weighted by atomic mass is 14.1. The molecule has 1 aromatic carbocycles. The van der Waals surface area contributed by atoms with Gasteiger partial charge in [-0.15, -0.1) is 5.98 Å². The summed E-state index contributed by atoms with van der Waals surface area (Å²) in [6.07, 6.45) is 2.29. The van der Waals surface area contributed by atoms with Crippen LogP contribution in [-0.4, -0.2) is 6.71 Å². The van der Waals surface area contributed by atoms with Crippen molar-refractivity contribution in [1.82, 2.24) is 0 Å². The lowest BCUT2D eigenvalue weighted by atomic mass is 9.31. The van der Waals surface area contributed by atoms with Crippen molar-refractivity contribution < 1.29 is 0 Å². The quantitative estimate of drug-likeness (QED) is 0.562. The number of benzene rings is 1. The maximum absolute atomic E-state index is 2.44. The van der Waals surface area contributed by atoms with Gasteiger partial charge in [-0.25, -0.2) is 0 Å². The second-order valence-electron chi connectivity index (χ2n) is 6.55. The van der Waals surface area contributed by atoms with Crippen molar-refractivity contribution >= 4 is 12.8 Å². The second-order valence-corrected chi connectivity index (χ2v) is 6.55. The zero-order valence-corrected chi connectivity index (χ0v) is 13.4. The SMILES string of the molecule is CC(C)C(C)B(/C=C\c1ccccc1)C(C)C(C)C. The monoisotopic (exact) mass is 256 g/mol. The molecule has 104 valence electrons. The summed E-state index contributed by atoms with van der Waals surface area (Å²) in [4.78, 5) is 0. The standard InChI is InChI=1S/C18H29B/c1-14(2)16(5)19(17(6)15(3)4)13-12-18-10-8-7-9-11-18/h7-17H,1-6H3/b13-12-. The van der Waals surface area contributed by atoms with E-state index in [9.17, 15) is 0 Å². The third-order valence-corrected chi connectivity index (χ3v) is 4.63. The van der Waals surface area contributed by atoms with E-state index in [1.807, 2.05) is 0 Å². The molecule has 0 heterocycles. The summed E-state index contributed by atoms with van der Waals surface area (Å²) in [7, 11) is 0. The molecule has 0 aromatic heterocycles. The molecule has 0 spiro atoms. The van der Waals surface area contributed by atoms with E-state index >= 15 is 0 Å². The first-order valence-electron chi connectivity index (χ1n) is 7.66. The summed E-state index contributed by atoms with van der Waals surface area (Å²) in [5.41, 5.74) is 1.31. The molecule has 0 aliphatic carbocycles. The molecule has 1 heteroatoms. The van der Waals surface area contributed by atoms with Crippen LogP contribution in [0.1, 0.15) is 47.1 Å². The minimum absolute atomic E-state index is 0.653. The summed E-state index contributed by atoms with van der Waals surface area (Å²) < 4.78 is 0. The topological polar surface area (TPSA) is 0 Å². The Morgan fingerprint density at radius 1 is 0.789 bits per heavy atom. The van der Waals surface area contributed by atoms with Gasteiger partial charge in [0.1, 0.15) is 0 Å². The molecule has 0 aliphatic heterocycles. The van der Waals surface area contributed by atoms with Crippen LogP contribution in [0, 0.1) is 11.8 Å². The fourth-order valence-electron chi connectivity index (χ4n) is 2.50. The molecule has 0 radical (unpaired) electrons. The normalized spacial score (nSPS) is 15.2. The third-order valence-electron chi connectivity index (χ3n) is 4.63. The van der Waals surface area contributed by atoms with Crippen molar-refractivity contribution in [3.05, 3.63) is 41.9 Å². The first-order chi connectivity index (χ1) is 8.93. The average Bonchev–Trinajstić information content (AvgIpc) is 2.39. The van der Waals surface area contributed by atoms with Crippen molar-refractivity contribution in [3.63, 3.8) is 0 Å². The highest BCUT2D eigenvalue weighted by Gasteiger charge is 2.28. The van der Waals surface area contributed by atoms with E-state index in [-0.39, 0.29) is 0 Å². The lowest BCUT2D eigenvalue weighted by Crippen LogP contribution is -2.28. The highest BCUT2D eigenvalue weighted by molar-refractivity contribution is 6.68. The van der Waals surface area contributed by atoms with Crippen LogP contribution in [0.3, 0.4) is 0 Å². The summed E-state index contributed by atoms with van der Waals surface area (Å²) in [6, 6.07) is 10.6. The van der Waals surface area contributed by atoms with Gasteiger partial charge in [0.15, 0.2) is 6.71 Å². The zero-order valence-electron chi connectivity index (χ0n) is 13.4. The number of rotatable bonds is 6. The number of hydrogen-bond donors (Lipinski definition) is 0. The van der Waals surface area contributed by atoms with Crippen molar-refractivity contribution in [1.29, 1.82) is 0 Å². The second kappa shape index (κ2) is 7.57. The molecule has 0 amide bonds. The minimum atomic E-state index is 0.653. The van der Waals surface area contributed by atoms with Gasteiger partial charge < -0.3 is 0 Å². The van der Waals surface area contributed by atoms with Crippen molar-refractivity contribution in [3.8, 4) is 0 Å². The van der Waals surface area contributed by atoms with Crippen LogP contribution in [-0.2, 0) is 0 Å². The van der Waals surface area contributed by atoms with E-state index in [1.54, 1.807) is 0 Å². The molecule has 0 saturated heterocycles. The molecule has 0 aliphatic rings. The summed E-state index contributed by atoms with van der Waals surface area (Å²) >= 11 is 0. The van der Waals surface area contributed by atoms with Gasteiger partial charge in [-0.3, -0.25) is 0 Å². The minimum Gasteiger partial charge on any atom is -0.114 e. The average molecular weight is 256 g/mol. The number of hydrogen-bond acceptors (Lipinski definition) is 0. The summed E-state index contributed by atoms with van der Waals surface area (Å²) in [5.74, 6) is 5.33. The molecule has 0 fully saturated rings. The summed E-state index contributed by atoms with van der Waals surface area (Å²) in [5, 5.41) is 0. The van der Waals surface area contributed by atoms with Crippen LogP contribution in [0.5, 0.6) is 0 Å². The van der Waals surface area contributed by atoms with Gasteiger partial charge in [0.25, 0.3) is 0 Å². The Kier molecular flexibility index (Phi) is 6.41. The van der Waals surface area contributed by atoms with Crippen LogP contribution in [0.2, 0.25) is 11.6 Å². The van der Waals surface area contributed by atoms with Gasteiger partial charge in [-0.1, -0.05) is 101 Å². The Labute approximate surface area is 120 Å². The molecule has 0 saturated carbocycles. The molecule has 2 unspecified atom stereocenters. The molecule has 0 N–H and O–H groups in total. The Bertz CT molecular complexity index is 364. The molecule has 19 heavy (non-hydrogen) atoms. The molecule has 1 rings (SSSR count). The molecule has 2 atom stereocenters. The Balaban J connectivity index is 2.88. The lowest BCUT2D eigenvalue weighted by Gasteiger charge is -2.29. The molecular formula is C18H29B. The van der Waals surface area contributed by atoms with E-state index in [1.165, 1.54) is 5.56 Å². The van der Waals surface area contributed by atoms with Crippen LogP contribution in [0.25, 0.3) is 6.08 Å². The molecule has 0 nitrogen and oxygen atoms in total. The van der Waals surface area contributed by atoms with E-state index < -0.39 is 0 Å². The molecular weight excluding hydrogens is 227 g/mol. The van der Waals surface area contributed by atoms with Gasteiger partial charge in [0, 0.05) is 0 Å². The molecule has 1 aromatic rings. The van der Waals surface area contributed by atoms with Crippen LogP contribution in [0.15, 0.2) is 36.3 Å². The van der Waals surface area contributed by atoms with Crippen LogP contribution >= 0.6 is 0 Å². The highest BCUT2D eigenvalue weighted by Crippen LogP contribution is 2.33. The van der Waals surface area contributed by atoms with Gasteiger partial charge in [-0.2, -0.15) is 0 Å². The van der Waals surface area contributed by atoms with E-state index in [4.69, 9.17) is 0 Å². The summed E-state index contributed by atoms with van der Waals surface area (Å²) in [6.45, 7) is 14.8. The predicted octanol–water partition coefficient (Wildman–Crippen LogP) is 5.83. The predicted molar refractivity (Wildman–Crippen MR) is 89.8 cm³/mol. The van der Waals surface area contributed by atoms with Crippen molar-refractivity contribution in [2.45, 2.75) is 53.2 Å². The first kappa shape index (κ1) is 16.1. The Hall–Kier alpha value is -0.975. The Morgan fingerprint density at radius 2 is 1.26 bits per heavy atom. The van der Waals surface area contributed by atoms with Gasteiger partial charge in [0.05, 0.1) is 0 Å². The maximum atomic E-state index is 2.44. The van der Waals surface area contributed by atoms with E-state index in [2.05, 4.69) is 83.9 Å². The first-order valence-corrected chi connectivity index (χ1v) is 7.66. The van der Waals surface area contributed by atoms with Crippen molar-refractivity contribution in [2.75, 3.05) is 0 Å². The van der Waals surface area contributed by atoms with E-state index in [0.29, 0.717) is 6.71 Å².